The van der Waals surface area contributed by atoms with Crippen LogP contribution in [0.3, 0.4) is 0 Å². The number of pyridine rings is 1. The molecule has 0 amide bonds. The first kappa shape index (κ1) is 31.4. The Kier molecular flexibility index (Phi) is 11.2. The number of fused-ring (bicyclic) bond motifs is 1. The predicted octanol–water partition coefficient (Wildman–Crippen LogP) is 7.93. The number of nitrogens with zero attached hydrogens (tertiary/aromatic N) is 3. The number of rotatable bonds is 13. The van der Waals surface area contributed by atoms with Gasteiger partial charge in [0, 0.05) is 43.7 Å². The molecule has 1 fully saturated rings. The number of benzene rings is 2. The van der Waals surface area contributed by atoms with E-state index in [4.69, 9.17) is 27.9 Å². The average Bonchev–Trinajstić information content (AvgIpc) is 2.96. The Labute approximate surface area is 254 Å². The summed E-state index contributed by atoms with van der Waals surface area (Å²) in [5.41, 5.74) is 0.706. The van der Waals surface area contributed by atoms with E-state index in [2.05, 4.69) is 16.7 Å². The second kappa shape index (κ2) is 14.6. The van der Waals surface area contributed by atoms with Crippen molar-refractivity contribution in [1.82, 2.24) is 9.47 Å². The van der Waals surface area contributed by atoms with Gasteiger partial charge in [-0.1, -0.05) is 75.7 Å². The number of unbranched alkanes of at least 4 members (excludes halogenated alkanes) is 4. The van der Waals surface area contributed by atoms with Gasteiger partial charge in [0.2, 0.25) is 5.91 Å². The van der Waals surface area contributed by atoms with Gasteiger partial charge in [0.15, 0.2) is 0 Å². The number of hydrogen-bond donors (Lipinski definition) is 0. The van der Waals surface area contributed by atoms with Gasteiger partial charge in [-0.05, 0) is 61.5 Å². The van der Waals surface area contributed by atoms with E-state index in [1.54, 1.807) is 6.07 Å². The number of carbonyl (C=O) groups is 1. The zero-order valence-electron chi connectivity index (χ0n) is 24.6. The van der Waals surface area contributed by atoms with Crippen molar-refractivity contribution in [1.29, 1.82) is 0 Å². The second-order valence-electron chi connectivity index (χ2n) is 11.7. The van der Waals surface area contributed by atoms with Crippen LogP contribution in [0.2, 0.25) is 10.0 Å². The van der Waals surface area contributed by atoms with Gasteiger partial charge in [0.25, 0.3) is 5.56 Å². The lowest BCUT2D eigenvalue weighted by Gasteiger charge is -2.36. The van der Waals surface area contributed by atoms with E-state index in [1.807, 2.05) is 50.2 Å². The van der Waals surface area contributed by atoms with Gasteiger partial charge in [-0.2, -0.15) is 0 Å². The molecular formula is C33H43Cl2N3O3. The van der Waals surface area contributed by atoms with Crippen LogP contribution >= 0.6 is 23.2 Å². The highest BCUT2D eigenvalue weighted by molar-refractivity contribution is 6.43. The molecule has 0 N–H and O–H groups in total. The molecule has 1 saturated heterocycles. The quantitative estimate of drug-likeness (QED) is 0.187. The van der Waals surface area contributed by atoms with Crippen LogP contribution in [-0.4, -0.2) is 54.7 Å². The van der Waals surface area contributed by atoms with Crippen molar-refractivity contribution in [2.24, 2.45) is 5.41 Å². The van der Waals surface area contributed by atoms with Crippen LogP contribution in [0, 0.1) is 5.41 Å². The van der Waals surface area contributed by atoms with Crippen LogP contribution in [0.25, 0.3) is 10.9 Å². The summed E-state index contributed by atoms with van der Waals surface area (Å²) in [5, 5.41) is 2.07. The molecule has 0 aliphatic carbocycles. The van der Waals surface area contributed by atoms with Crippen molar-refractivity contribution in [3.05, 3.63) is 68.9 Å². The molecule has 0 radical (unpaired) electrons. The minimum Gasteiger partial charge on any atom is -0.494 e. The maximum atomic E-state index is 13.6. The van der Waals surface area contributed by atoms with Gasteiger partial charge in [-0.3, -0.25) is 14.5 Å². The van der Waals surface area contributed by atoms with Crippen LogP contribution in [0.4, 0.5) is 5.69 Å². The van der Waals surface area contributed by atoms with Gasteiger partial charge < -0.3 is 9.64 Å². The molecular weight excluding hydrogens is 557 g/mol. The van der Waals surface area contributed by atoms with Crippen LogP contribution in [-0.2, 0) is 0 Å². The normalized spacial score (nSPS) is 14.5. The molecule has 4 rings (SSSR count). The Morgan fingerprint density at radius 3 is 2.44 bits per heavy atom. The van der Waals surface area contributed by atoms with Gasteiger partial charge in [-0.25, -0.2) is 4.57 Å². The molecule has 0 unspecified atom stereocenters. The van der Waals surface area contributed by atoms with E-state index < -0.39 is 5.41 Å². The van der Waals surface area contributed by atoms with Gasteiger partial charge in [-0.15, -0.1) is 0 Å². The number of piperazine rings is 1. The molecule has 0 atom stereocenters. The van der Waals surface area contributed by atoms with Crippen molar-refractivity contribution >= 4 is 45.7 Å². The molecule has 41 heavy (non-hydrogen) atoms. The topological polar surface area (TPSA) is 54.8 Å². The Hall–Kier alpha value is -2.54. The molecule has 3 aromatic rings. The number of ether oxygens (including phenoxy) is 1. The summed E-state index contributed by atoms with van der Waals surface area (Å²) in [5.74, 6) is 0.525. The third kappa shape index (κ3) is 8.06. The van der Waals surface area contributed by atoms with E-state index in [9.17, 15) is 9.59 Å². The summed E-state index contributed by atoms with van der Waals surface area (Å²) in [4.78, 5) is 31.2. The van der Waals surface area contributed by atoms with Crippen LogP contribution in [0.1, 0.15) is 70.5 Å². The van der Waals surface area contributed by atoms with Crippen molar-refractivity contribution in [3.8, 4) is 5.75 Å². The number of anilines is 1. The van der Waals surface area contributed by atoms with Crippen LogP contribution in [0.5, 0.6) is 5.75 Å². The Balaban J connectivity index is 1.29. The largest absolute Gasteiger partial charge is 0.494 e. The Morgan fingerprint density at radius 2 is 1.68 bits per heavy atom. The molecule has 2 aromatic carbocycles. The highest BCUT2D eigenvalue weighted by Gasteiger charge is 2.30. The maximum absolute atomic E-state index is 13.6. The van der Waals surface area contributed by atoms with E-state index in [1.165, 1.54) is 10.6 Å². The zero-order chi connectivity index (χ0) is 29.4. The molecule has 0 spiro atoms. The predicted molar refractivity (Wildman–Crippen MR) is 171 cm³/mol. The molecule has 8 heteroatoms. The van der Waals surface area contributed by atoms with Crippen molar-refractivity contribution in [3.63, 3.8) is 0 Å². The van der Waals surface area contributed by atoms with Gasteiger partial charge in [0.1, 0.15) is 5.75 Å². The Morgan fingerprint density at radius 1 is 0.927 bits per heavy atom. The van der Waals surface area contributed by atoms with Gasteiger partial charge >= 0.3 is 0 Å². The SMILES string of the molecule is CCCCCCC(C)(C)C(=O)n1c(=O)ccc2ccc(OCCCCN3CCN(c4cccc(Cl)c4Cl)CC3)cc21. The van der Waals surface area contributed by atoms with Crippen molar-refractivity contribution in [2.75, 3.05) is 44.2 Å². The minimum absolute atomic E-state index is 0.153. The summed E-state index contributed by atoms with van der Waals surface area (Å²) in [6, 6.07) is 14.7. The number of carbonyl (C=O) groups excluding carboxylic acids is 1. The fourth-order valence-electron chi connectivity index (χ4n) is 5.49. The average molecular weight is 601 g/mol. The molecule has 2 heterocycles. The number of halogens is 2. The molecule has 6 nitrogen and oxygen atoms in total. The second-order valence-corrected chi connectivity index (χ2v) is 12.5. The first-order chi connectivity index (χ1) is 19.7. The fourth-order valence-corrected chi connectivity index (χ4v) is 5.91. The lowest BCUT2D eigenvalue weighted by Crippen LogP contribution is -2.46. The molecule has 222 valence electrons. The van der Waals surface area contributed by atoms with Crippen molar-refractivity contribution in [2.45, 2.75) is 65.7 Å². The van der Waals surface area contributed by atoms with Crippen LogP contribution < -0.4 is 15.2 Å². The molecule has 0 saturated carbocycles. The van der Waals surface area contributed by atoms with E-state index in [0.717, 1.165) is 88.7 Å². The number of aromatic nitrogens is 1. The minimum atomic E-state index is -0.616. The summed E-state index contributed by atoms with van der Waals surface area (Å²) in [7, 11) is 0. The monoisotopic (exact) mass is 599 g/mol. The highest BCUT2D eigenvalue weighted by atomic mass is 35.5. The van der Waals surface area contributed by atoms with E-state index >= 15 is 0 Å². The van der Waals surface area contributed by atoms with E-state index in [0.29, 0.717) is 27.9 Å². The summed E-state index contributed by atoms with van der Waals surface area (Å²) in [6.07, 6.45) is 7.10. The smallest absolute Gasteiger partial charge is 0.257 e. The molecule has 1 aromatic heterocycles. The van der Waals surface area contributed by atoms with Crippen LogP contribution in [0.15, 0.2) is 53.3 Å². The zero-order valence-corrected chi connectivity index (χ0v) is 26.1. The fraction of sp³-hybridized carbons (Fsp3) is 0.515. The summed E-state index contributed by atoms with van der Waals surface area (Å²) < 4.78 is 7.42. The number of hydrogen-bond acceptors (Lipinski definition) is 5. The first-order valence-electron chi connectivity index (χ1n) is 15.0. The van der Waals surface area contributed by atoms with E-state index in [-0.39, 0.29) is 11.5 Å². The summed E-state index contributed by atoms with van der Waals surface area (Å²) >= 11 is 12.6. The molecule has 1 aliphatic heterocycles. The Bertz CT molecular complexity index is 1380. The first-order valence-corrected chi connectivity index (χ1v) is 15.7. The highest BCUT2D eigenvalue weighted by Crippen LogP contribution is 2.33. The molecule has 0 bridgehead atoms. The third-order valence-electron chi connectivity index (χ3n) is 8.09. The maximum Gasteiger partial charge on any atom is 0.257 e. The molecule has 1 aliphatic rings. The summed E-state index contributed by atoms with van der Waals surface area (Å²) in [6.45, 7) is 11.5. The standard InChI is InChI=1S/C33H43Cl2N3O3/c1-4-5-6-7-17-33(2,3)32(40)38-29-24-26(15-13-25(29)14-16-30(38)39)41-23-9-8-18-36-19-21-37(22-20-36)28-12-10-11-27(34)31(28)35/h10-16,24H,4-9,17-23H2,1-3H3. The van der Waals surface area contributed by atoms with Gasteiger partial charge in [0.05, 0.1) is 27.9 Å². The third-order valence-corrected chi connectivity index (χ3v) is 8.90. The lowest BCUT2D eigenvalue weighted by molar-refractivity contribution is 0.0730. The van der Waals surface area contributed by atoms with Crippen molar-refractivity contribution < 1.29 is 9.53 Å². The lowest BCUT2D eigenvalue weighted by atomic mass is 9.85.